The molecule has 1 atom stereocenters. The number of amides is 1. The lowest BCUT2D eigenvalue weighted by Crippen LogP contribution is -2.56. The number of nitrogens with two attached hydrogens (primary N) is 1. The number of methoxy groups -OCH3 is 1. The van der Waals surface area contributed by atoms with Gasteiger partial charge >= 0.3 is 0 Å². The predicted octanol–water partition coefficient (Wildman–Crippen LogP) is 0.426. The van der Waals surface area contributed by atoms with E-state index >= 15 is 0 Å². The molecule has 0 aromatic rings. The largest absolute Gasteiger partial charge is 0.378 e. The Morgan fingerprint density at radius 1 is 1.53 bits per heavy atom. The Hall–Kier alpha value is -0.650. The van der Waals surface area contributed by atoms with E-state index in [-0.39, 0.29) is 11.5 Å². The maximum atomic E-state index is 12.0. The second-order valence-corrected chi connectivity index (χ2v) is 4.74. The van der Waals surface area contributed by atoms with E-state index in [9.17, 15) is 4.79 Å². The molecule has 5 heteroatoms. The Bertz CT molecular complexity index is 258. The van der Waals surface area contributed by atoms with E-state index in [4.69, 9.17) is 15.2 Å². The molecule has 100 valence electrons. The molecule has 0 radical (unpaired) electrons. The lowest BCUT2D eigenvalue weighted by atomic mass is 9.92. The highest BCUT2D eigenvalue weighted by molar-refractivity contribution is 5.85. The topological polar surface area (TPSA) is 73.6 Å². The number of carbonyl (C=O) groups is 1. The van der Waals surface area contributed by atoms with Crippen molar-refractivity contribution < 1.29 is 14.3 Å². The summed E-state index contributed by atoms with van der Waals surface area (Å²) in [7, 11) is 1.65. The highest BCUT2D eigenvalue weighted by Crippen LogP contribution is 2.22. The van der Waals surface area contributed by atoms with Crippen molar-refractivity contribution in [2.75, 3.05) is 26.9 Å². The van der Waals surface area contributed by atoms with Gasteiger partial charge in [0, 0.05) is 26.7 Å². The van der Waals surface area contributed by atoms with E-state index in [0.29, 0.717) is 32.6 Å². The van der Waals surface area contributed by atoms with Crippen LogP contribution in [0, 0.1) is 0 Å². The molecular formula is C12H24N2O3. The summed E-state index contributed by atoms with van der Waals surface area (Å²) >= 11 is 0. The van der Waals surface area contributed by atoms with Crippen LogP contribution in [0.2, 0.25) is 0 Å². The van der Waals surface area contributed by atoms with E-state index < -0.39 is 5.54 Å². The fraction of sp³-hybridized carbons (Fsp3) is 0.917. The minimum Gasteiger partial charge on any atom is -0.378 e. The van der Waals surface area contributed by atoms with E-state index in [1.807, 2.05) is 13.8 Å². The number of rotatable bonds is 6. The third kappa shape index (κ3) is 3.18. The molecule has 5 nitrogen and oxygen atoms in total. The smallest absolute Gasteiger partial charge is 0.240 e. The number of nitrogens with one attached hydrogen (secondary N) is 1. The van der Waals surface area contributed by atoms with Crippen LogP contribution in [0.1, 0.15) is 33.1 Å². The maximum absolute atomic E-state index is 12.0. The van der Waals surface area contributed by atoms with Crippen molar-refractivity contribution >= 4 is 5.91 Å². The van der Waals surface area contributed by atoms with Crippen LogP contribution in [0.15, 0.2) is 0 Å². The predicted molar refractivity (Wildman–Crippen MR) is 65.7 cm³/mol. The molecule has 0 saturated carbocycles. The Balaban J connectivity index is 2.52. The van der Waals surface area contributed by atoms with Crippen LogP contribution in [0.4, 0.5) is 0 Å². The number of carbonyl (C=O) groups excluding carboxylic acids is 1. The van der Waals surface area contributed by atoms with Gasteiger partial charge < -0.3 is 20.5 Å². The van der Waals surface area contributed by atoms with Crippen LogP contribution in [-0.4, -0.2) is 43.9 Å². The Morgan fingerprint density at radius 2 is 2.18 bits per heavy atom. The molecule has 17 heavy (non-hydrogen) atoms. The van der Waals surface area contributed by atoms with Crippen molar-refractivity contribution in [1.82, 2.24) is 5.32 Å². The SMILES string of the molecule is CCC(N)(CC)C(=O)NCC1(OC)CCOC1. The van der Waals surface area contributed by atoms with Gasteiger partial charge in [-0.15, -0.1) is 0 Å². The molecule has 0 spiro atoms. The summed E-state index contributed by atoms with van der Waals surface area (Å²) in [6.45, 7) is 5.52. The lowest BCUT2D eigenvalue weighted by molar-refractivity contribution is -0.128. The second-order valence-electron chi connectivity index (χ2n) is 4.74. The molecule has 1 aliphatic heterocycles. The summed E-state index contributed by atoms with van der Waals surface area (Å²) in [6, 6.07) is 0. The molecule has 0 aromatic heterocycles. The van der Waals surface area contributed by atoms with Crippen LogP contribution in [-0.2, 0) is 14.3 Å². The van der Waals surface area contributed by atoms with Crippen molar-refractivity contribution in [3.63, 3.8) is 0 Å². The van der Waals surface area contributed by atoms with Crippen molar-refractivity contribution in [2.24, 2.45) is 5.73 Å². The average molecular weight is 244 g/mol. The Labute approximate surface area is 103 Å². The molecule has 1 unspecified atom stereocenters. The highest BCUT2D eigenvalue weighted by Gasteiger charge is 2.37. The van der Waals surface area contributed by atoms with Gasteiger partial charge in [-0.3, -0.25) is 4.79 Å². The molecular weight excluding hydrogens is 220 g/mol. The van der Waals surface area contributed by atoms with Crippen LogP contribution >= 0.6 is 0 Å². The van der Waals surface area contributed by atoms with Crippen LogP contribution in [0.25, 0.3) is 0 Å². The molecule has 3 N–H and O–H groups in total. The molecule has 1 amide bonds. The monoisotopic (exact) mass is 244 g/mol. The molecule has 1 aliphatic rings. The van der Waals surface area contributed by atoms with Gasteiger partial charge in [-0.1, -0.05) is 13.8 Å². The number of hydrogen-bond donors (Lipinski definition) is 2. The van der Waals surface area contributed by atoms with Crippen molar-refractivity contribution in [2.45, 2.75) is 44.2 Å². The number of hydrogen-bond acceptors (Lipinski definition) is 4. The molecule has 0 aliphatic carbocycles. The van der Waals surface area contributed by atoms with Crippen molar-refractivity contribution in [3.05, 3.63) is 0 Å². The summed E-state index contributed by atoms with van der Waals surface area (Å²) in [6.07, 6.45) is 2.07. The molecule has 1 saturated heterocycles. The lowest BCUT2D eigenvalue weighted by Gasteiger charge is -2.30. The Kier molecular flexibility index (Phi) is 4.91. The van der Waals surface area contributed by atoms with E-state index in [0.717, 1.165) is 6.42 Å². The summed E-state index contributed by atoms with van der Waals surface area (Å²) < 4.78 is 10.8. The van der Waals surface area contributed by atoms with E-state index in [1.165, 1.54) is 0 Å². The average Bonchev–Trinajstić information content (AvgIpc) is 2.84. The standard InChI is InChI=1S/C12H24N2O3/c1-4-12(13,5-2)10(15)14-8-11(16-3)6-7-17-9-11/h4-9,13H2,1-3H3,(H,14,15). The van der Waals surface area contributed by atoms with Crippen LogP contribution in [0.3, 0.4) is 0 Å². The maximum Gasteiger partial charge on any atom is 0.240 e. The fourth-order valence-corrected chi connectivity index (χ4v) is 1.95. The van der Waals surface area contributed by atoms with Gasteiger partial charge in [0.25, 0.3) is 0 Å². The quantitative estimate of drug-likeness (QED) is 0.710. The van der Waals surface area contributed by atoms with Gasteiger partial charge in [-0.25, -0.2) is 0 Å². The van der Waals surface area contributed by atoms with Gasteiger partial charge in [-0.05, 0) is 12.8 Å². The summed E-state index contributed by atoms with van der Waals surface area (Å²) in [5, 5.41) is 2.89. The molecule has 0 bridgehead atoms. The third-order valence-corrected chi connectivity index (χ3v) is 3.79. The fourth-order valence-electron chi connectivity index (χ4n) is 1.95. The zero-order chi connectivity index (χ0) is 12.9. The molecule has 0 aromatic carbocycles. The van der Waals surface area contributed by atoms with Gasteiger partial charge in [0.2, 0.25) is 5.91 Å². The van der Waals surface area contributed by atoms with E-state index in [2.05, 4.69) is 5.32 Å². The third-order valence-electron chi connectivity index (χ3n) is 3.79. The van der Waals surface area contributed by atoms with Gasteiger partial charge in [0.05, 0.1) is 12.1 Å². The summed E-state index contributed by atoms with van der Waals surface area (Å²) in [5.41, 5.74) is 4.88. The number of ether oxygens (including phenoxy) is 2. The first-order chi connectivity index (χ1) is 8.02. The van der Waals surface area contributed by atoms with Gasteiger partial charge in [-0.2, -0.15) is 0 Å². The zero-order valence-corrected chi connectivity index (χ0v) is 11.0. The second kappa shape index (κ2) is 5.80. The highest BCUT2D eigenvalue weighted by atomic mass is 16.5. The minimum atomic E-state index is -0.769. The van der Waals surface area contributed by atoms with Crippen molar-refractivity contribution in [1.29, 1.82) is 0 Å². The first kappa shape index (κ1) is 14.4. The molecule has 1 rings (SSSR count). The van der Waals surface area contributed by atoms with Crippen molar-refractivity contribution in [3.8, 4) is 0 Å². The van der Waals surface area contributed by atoms with E-state index in [1.54, 1.807) is 7.11 Å². The van der Waals surface area contributed by atoms with Crippen LogP contribution in [0.5, 0.6) is 0 Å². The molecule has 1 heterocycles. The van der Waals surface area contributed by atoms with Gasteiger partial charge in [0.1, 0.15) is 5.60 Å². The zero-order valence-electron chi connectivity index (χ0n) is 11.0. The Morgan fingerprint density at radius 3 is 2.59 bits per heavy atom. The first-order valence-electron chi connectivity index (χ1n) is 6.22. The normalized spacial score (nSPS) is 24.9. The summed E-state index contributed by atoms with van der Waals surface area (Å²) in [5.74, 6) is -0.106. The summed E-state index contributed by atoms with van der Waals surface area (Å²) in [4.78, 5) is 12.0. The molecule has 1 fully saturated rings. The first-order valence-corrected chi connectivity index (χ1v) is 6.22. The van der Waals surface area contributed by atoms with Crippen LogP contribution < -0.4 is 11.1 Å². The minimum absolute atomic E-state index is 0.106. The van der Waals surface area contributed by atoms with Gasteiger partial charge in [0.15, 0.2) is 0 Å².